The lowest BCUT2D eigenvalue weighted by atomic mass is 10.1. The fourth-order valence-electron chi connectivity index (χ4n) is 4.68. The Morgan fingerprint density at radius 1 is 1.10 bits per heavy atom. The van der Waals surface area contributed by atoms with Crippen LogP contribution in [0, 0.1) is 17.1 Å². The van der Waals surface area contributed by atoms with Crippen LogP contribution in [0.3, 0.4) is 0 Å². The lowest BCUT2D eigenvalue weighted by molar-refractivity contribution is 0.349. The summed E-state index contributed by atoms with van der Waals surface area (Å²) in [5.41, 5.74) is 0.267. The number of aromatic nitrogens is 4. The Balaban J connectivity index is 1.26. The summed E-state index contributed by atoms with van der Waals surface area (Å²) in [4.78, 5) is 28.8. The zero-order valence-electron chi connectivity index (χ0n) is 21.8. The van der Waals surface area contributed by atoms with Gasteiger partial charge in [-0.3, -0.25) is 4.79 Å². The Bertz CT molecular complexity index is 1670. The van der Waals surface area contributed by atoms with Gasteiger partial charge in [-0.15, -0.1) is 0 Å². The van der Waals surface area contributed by atoms with Crippen molar-refractivity contribution >= 4 is 34.5 Å². The number of nitrogens with zero attached hydrogens (tertiary/aromatic N) is 7. The molecule has 0 amide bonds. The van der Waals surface area contributed by atoms with Crippen LogP contribution in [0.5, 0.6) is 11.5 Å². The van der Waals surface area contributed by atoms with Crippen LogP contribution in [-0.2, 0) is 0 Å². The maximum Gasteiger partial charge on any atom is 0.267 e. The molecule has 2 aromatic heterocycles. The van der Waals surface area contributed by atoms with Gasteiger partial charge in [0, 0.05) is 51.4 Å². The number of hydrogen-bond acceptors (Lipinski definition) is 11. The molecule has 41 heavy (non-hydrogen) atoms. The van der Waals surface area contributed by atoms with Gasteiger partial charge >= 0.3 is 0 Å². The quantitative estimate of drug-likeness (QED) is 0.314. The molecule has 2 N–H and O–H groups in total. The summed E-state index contributed by atoms with van der Waals surface area (Å²) in [6.07, 6.45) is 4.06. The number of nitriles is 1. The van der Waals surface area contributed by atoms with E-state index in [2.05, 4.69) is 29.9 Å². The van der Waals surface area contributed by atoms with Gasteiger partial charge in [-0.1, -0.05) is 0 Å². The van der Waals surface area contributed by atoms with Crippen molar-refractivity contribution in [2.75, 3.05) is 48.9 Å². The lowest BCUT2D eigenvalue weighted by Gasteiger charge is -2.28. The monoisotopic (exact) mass is 577 g/mol. The summed E-state index contributed by atoms with van der Waals surface area (Å²) < 4.78 is 40.3. The van der Waals surface area contributed by atoms with Gasteiger partial charge in [-0.2, -0.15) is 5.26 Å². The molecule has 2 aliphatic heterocycles. The highest BCUT2D eigenvalue weighted by Crippen LogP contribution is 2.35. The van der Waals surface area contributed by atoms with Crippen LogP contribution in [-0.4, -0.2) is 69.3 Å². The number of anilines is 2. The first kappa shape index (κ1) is 26.9. The molecule has 1 unspecified atom stereocenters. The number of halogens is 2. The Morgan fingerprint density at radius 2 is 1.90 bits per heavy atom. The van der Waals surface area contributed by atoms with Gasteiger partial charge < -0.3 is 19.7 Å². The van der Waals surface area contributed by atoms with Gasteiger partial charge in [0.2, 0.25) is 0 Å². The highest BCUT2D eigenvalue weighted by molar-refractivity contribution is 7.98. The van der Waals surface area contributed by atoms with Gasteiger partial charge in [0.05, 0.1) is 29.0 Å². The first-order chi connectivity index (χ1) is 20.0. The molecule has 4 heterocycles. The Hall–Kier alpha value is -4.32. The maximum atomic E-state index is 14.9. The molecule has 0 spiro atoms. The van der Waals surface area contributed by atoms with E-state index in [1.165, 1.54) is 35.3 Å². The summed E-state index contributed by atoms with van der Waals surface area (Å²) in [7, 11) is 0. The molecule has 210 valence electrons. The number of fused-ring (bicyclic) bond motifs is 1. The molecule has 0 bridgehead atoms. The fourth-order valence-corrected chi connectivity index (χ4v) is 5.51. The summed E-state index contributed by atoms with van der Waals surface area (Å²) >= 11 is 1.15. The first-order valence-corrected chi connectivity index (χ1v) is 13.8. The van der Waals surface area contributed by atoms with Crippen molar-refractivity contribution in [2.24, 2.45) is 0 Å². The second-order valence-corrected chi connectivity index (χ2v) is 10.5. The third kappa shape index (κ3) is 5.64. The molecule has 2 saturated heterocycles. The minimum absolute atomic E-state index is 0.0583. The molecular formula is C27H25F2N9O2S. The Morgan fingerprint density at radius 3 is 2.63 bits per heavy atom. The van der Waals surface area contributed by atoms with Gasteiger partial charge in [-0.25, -0.2) is 32.6 Å². The number of benzene rings is 2. The predicted octanol–water partition coefficient (Wildman–Crippen LogP) is 3.41. The van der Waals surface area contributed by atoms with Crippen LogP contribution in [0.4, 0.5) is 20.3 Å². The van der Waals surface area contributed by atoms with Crippen LogP contribution in [0.25, 0.3) is 16.7 Å². The van der Waals surface area contributed by atoms with Gasteiger partial charge in [-0.05, 0) is 36.8 Å². The van der Waals surface area contributed by atoms with Gasteiger partial charge in [0.25, 0.3) is 5.56 Å². The molecule has 2 fully saturated rings. The molecule has 2 aromatic carbocycles. The van der Waals surface area contributed by atoms with Gasteiger partial charge in [0.15, 0.2) is 17.4 Å². The molecule has 0 aliphatic carbocycles. The second-order valence-electron chi connectivity index (χ2n) is 9.55. The molecule has 4 aromatic rings. The number of piperazine rings is 1. The minimum Gasteiger partial charge on any atom is -0.453 e. The third-order valence-corrected chi connectivity index (χ3v) is 7.76. The van der Waals surface area contributed by atoms with E-state index < -0.39 is 17.5 Å². The van der Waals surface area contributed by atoms with E-state index in [1.54, 1.807) is 22.6 Å². The average molecular weight is 578 g/mol. The summed E-state index contributed by atoms with van der Waals surface area (Å²) in [5.74, 6) is 0.145. The van der Waals surface area contributed by atoms with E-state index in [4.69, 9.17) is 4.74 Å². The van der Waals surface area contributed by atoms with Crippen LogP contribution < -0.4 is 25.2 Å². The summed E-state index contributed by atoms with van der Waals surface area (Å²) in [6.45, 7) is 4.18. The predicted molar refractivity (Wildman–Crippen MR) is 152 cm³/mol. The summed E-state index contributed by atoms with van der Waals surface area (Å²) in [5, 5.41) is 13.3. The number of hydrogen-bond donors (Lipinski definition) is 2. The Kier molecular flexibility index (Phi) is 7.64. The smallest absolute Gasteiger partial charge is 0.267 e. The van der Waals surface area contributed by atoms with Crippen molar-refractivity contribution < 1.29 is 13.5 Å². The maximum absolute atomic E-state index is 14.9. The second kappa shape index (κ2) is 11.7. The van der Waals surface area contributed by atoms with Crippen molar-refractivity contribution in [3.05, 3.63) is 70.8 Å². The van der Waals surface area contributed by atoms with E-state index in [9.17, 15) is 18.8 Å². The minimum atomic E-state index is -0.900. The number of ether oxygens (including phenoxy) is 1. The molecule has 11 nitrogen and oxygen atoms in total. The standard InChI is InChI=1S/C27H25F2N9O2S/c28-17-5-8-37(15-17)41-35-23-4-2-21(29)26(20(23)12-30)40-18-1-3-22-19(11-18)27(39)38(16-34-22)25-14-32-24(13-33-25)36-9-6-31-7-10-36/h1-4,11,13-14,16-17,31,35H,5-10,15H2. The fraction of sp³-hybridized carbons (Fsp3) is 0.296. The normalized spacial score (nSPS) is 17.5. The Labute approximate surface area is 238 Å². The van der Waals surface area contributed by atoms with Crippen LogP contribution in [0.2, 0.25) is 0 Å². The molecule has 2 aliphatic rings. The van der Waals surface area contributed by atoms with E-state index in [1.807, 2.05) is 6.07 Å². The lowest BCUT2D eigenvalue weighted by Crippen LogP contribution is -2.43. The topological polar surface area (TPSA) is 124 Å². The molecular weight excluding hydrogens is 552 g/mol. The third-order valence-electron chi connectivity index (χ3n) is 6.86. The molecule has 0 radical (unpaired) electrons. The van der Waals surface area contributed by atoms with E-state index in [0.29, 0.717) is 30.0 Å². The first-order valence-electron chi connectivity index (χ1n) is 13.0. The van der Waals surface area contributed by atoms with Gasteiger partial charge in [0.1, 0.15) is 35.7 Å². The van der Waals surface area contributed by atoms with Crippen LogP contribution in [0.15, 0.2) is 53.8 Å². The molecule has 0 saturated carbocycles. The van der Waals surface area contributed by atoms with E-state index in [0.717, 1.165) is 44.1 Å². The van der Waals surface area contributed by atoms with Crippen LogP contribution >= 0.6 is 12.1 Å². The van der Waals surface area contributed by atoms with Crippen molar-refractivity contribution in [3.63, 3.8) is 0 Å². The SMILES string of the molecule is N#Cc1c(NSN2CCC(F)C2)ccc(F)c1Oc1ccc2ncn(-c3cnc(N4CCNCC4)cn3)c(=O)c2c1. The highest BCUT2D eigenvalue weighted by atomic mass is 32.2. The number of rotatable bonds is 7. The molecule has 6 rings (SSSR count). The van der Waals surface area contributed by atoms with Crippen molar-refractivity contribution in [2.45, 2.75) is 12.6 Å². The zero-order valence-corrected chi connectivity index (χ0v) is 22.6. The van der Waals surface area contributed by atoms with E-state index >= 15 is 0 Å². The summed E-state index contributed by atoms with van der Waals surface area (Å²) in [6, 6.07) is 9.16. The van der Waals surface area contributed by atoms with Crippen molar-refractivity contribution in [1.29, 1.82) is 5.26 Å². The van der Waals surface area contributed by atoms with Crippen molar-refractivity contribution in [3.8, 4) is 23.4 Å². The largest absolute Gasteiger partial charge is 0.453 e. The van der Waals surface area contributed by atoms with Crippen molar-refractivity contribution in [1.82, 2.24) is 29.1 Å². The zero-order chi connectivity index (χ0) is 28.3. The van der Waals surface area contributed by atoms with E-state index in [-0.39, 0.29) is 29.0 Å². The highest BCUT2D eigenvalue weighted by Gasteiger charge is 2.24. The molecule has 14 heteroatoms. The molecule has 1 atom stereocenters. The number of nitrogens with one attached hydrogen (secondary N) is 2. The van der Waals surface area contributed by atoms with Crippen LogP contribution in [0.1, 0.15) is 12.0 Å². The number of alkyl halides is 1. The average Bonchev–Trinajstić information content (AvgIpc) is 3.43.